The Balaban J connectivity index is 0.000000215. The number of nitrogens with one attached hydrogen (secondary N) is 6. The quantitative estimate of drug-likeness (QED) is 0.0389. The summed E-state index contributed by atoms with van der Waals surface area (Å²) >= 11 is 25.7. The second-order valence-electron chi connectivity index (χ2n) is 22.2. The van der Waals surface area contributed by atoms with Crippen LogP contribution in [0.25, 0.3) is 0 Å². The van der Waals surface area contributed by atoms with Crippen LogP contribution in [0.5, 0.6) is 23.0 Å². The van der Waals surface area contributed by atoms with E-state index in [1.807, 2.05) is 36.4 Å². The summed E-state index contributed by atoms with van der Waals surface area (Å²) in [5.74, 6) is 1.82. The fourth-order valence-corrected chi connectivity index (χ4v) is 12.6. The van der Waals surface area contributed by atoms with Crippen LogP contribution in [0.2, 0.25) is 20.1 Å². The topological polar surface area (TPSA) is 248 Å². The number of amides is 6. The van der Waals surface area contributed by atoms with E-state index in [2.05, 4.69) is 98.4 Å². The molecule has 2 spiro atoms. The SMILES string of the molecule is C=CC(=O)Nc1cc(N2CCC3(CCN(CC)C3)C2)ccc1Nc1cc(N(C)C(=O)Nc2c(Cl)c(OC)cc(OC)c2Cl)ncn1.C=CC(=O)Nc1cc(N2CCN(CC)C3(CC3)C2)ccc1Nc1cc(N(C)C(=O)Nc2c(Cl)c(OC)cc(OC)c2Cl)ncn1. The molecule has 6 amide bonds. The number of likely N-dealkylation sites (tertiary alicyclic amines) is 1. The molecule has 2 aromatic heterocycles. The van der Waals surface area contributed by atoms with Crippen LogP contribution in [0.3, 0.4) is 0 Å². The van der Waals surface area contributed by atoms with Crippen molar-refractivity contribution in [3.63, 3.8) is 0 Å². The Morgan fingerprint density at radius 2 is 0.978 bits per heavy atom. The molecule has 0 bridgehead atoms. The number of carbonyl (C=O) groups excluding carboxylic acids is 4. The van der Waals surface area contributed by atoms with Gasteiger partial charge in [-0.25, -0.2) is 29.5 Å². The first-order valence-corrected chi connectivity index (χ1v) is 30.8. The number of ether oxygens (including phenoxy) is 4. The van der Waals surface area contributed by atoms with Gasteiger partial charge in [-0.2, -0.15) is 0 Å². The molecule has 6 aromatic rings. The van der Waals surface area contributed by atoms with Gasteiger partial charge in [0.15, 0.2) is 0 Å². The third kappa shape index (κ3) is 15.1. The van der Waals surface area contributed by atoms with Crippen LogP contribution in [-0.2, 0) is 9.59 Å². The van der Waals surface area contributed by atoms with Gasteiger partial charge in [-0.15, -0.1) is 0 Å². The molecule has 1 unspecified atom stereocenters. The first-order valence-electron chi connectivity index (χ1n) is 29.3. The van der Waals surface area contributed by atoms with Crippen molar-refractivity contribution < 1.29 is 38.1 Å². The molecule has 1 aliphatic carbocycles. The molecule has 10 rings (SSSR count). The zero-order valence-corrected chi connectivity index (χ0v) is 55.0. The monoisotopic (exact) mass is 1320 g/mol. The lowest BCUT2D eigenvalue weighted by Crippen LogP contribution is -2.54. The summed E-state index contributed by atoms with van der Waals surface area (Å²) in [5.41, 5.74) is 5.25. The number of aromatic nitrogens is 4. The average Bonchev–Trinajstić information content (AvgIpc) is 1.68. The molecule has 1 atom stereocenters. The number of urea groups is 2. The van der Waals surface area contributed by atoms with Crippen LogP contribution in [0.1, 0.15) is 39.5 Å². The number of likely N-dealkylation sites (N-methyl/N-ethyl adjacent to an activating group) is 1. The van der Waals surface area contributed by atoms with E-state index in [0.717, 1.165) is 76.7 Å². The van der Waals surface area contributed by atoms with Gasteiger partial charge in [0.2, 0.25) is 11.8 Å². The molecular formula is C63H74Cl4N16O8. The lowest BCUT2D eigenvalue weighted by atomic mass is 9.86. The number of nitrogens with zero attached hydrogens (tertiary/aromatic N) is 10. The molecular weight excluding hydrogens is 1250 g/mol. The van der Waals surface area contributed by atoms with Gasteiger partial charge in [0, 0.05) is 100.0 Å². The van der Waals surface area contributed by atoms with Crippen molar-refractivity contribution in [1.29, 1.82) is 0 Å². The van der Waals surface area contributed by atoms with E-state index in [9.17, 15) is 19.2 Å². The maximum Gasteiger partial charge on any atom is 0.327 e. The number of hydrogen-bond donors (Lipinski definition) is 6. The Morgan fingerprint density at radius 3 is 1.37 bits per heavy atom. The zero-order valence-electron chi connectivity index (χ0n) is 51.9. The number of halogens is 4. The standard InChI is InChI=1S/C32H38Cl2N8O4.C31H36Cl2N8O4/c1-6-27(43)38-22-14-20(42-13-11-32(18-42)10-12-41(7-2)17-32)8-9-21(22)37-25-16-26(36-19-35-25)40(3)31(44)39-30-28(33)23(45-4)15-24(46-5)29(30)34;1-6-26(42)37-21-14-19(40-12-13-41(7-2)31(17-40)10-11-31)8-9-20(21)36-24-16-25(35-18-34-24)39(3)30(43)38-29-27(32)22(44-4)15-23(45-5)28(29)33/h6,8-9,14-16,19H,1,7,10-13,17-18H2,2-5H3,(H,38,43)(H,39,44)(H,35,36,37);6,8-9,14-16,18H,1,7,10-13,17H2,2-5H3,(H,37,42)(H,38,43)(H,34,35,36). The van der Waals surface area contributed by atoms with Crippen molar-refractivity contribution in [2.75, 3.05) is 153 Å². The van der Waals surface area contributed by atoms with Crippen LogP contribution in [0.4, 0.5) is 78.4 Å². The van der Waals surface area contributed by atoms with Gasteiger partial charge < -0.3 is 65.5 Å². The summed E-state index contributed by atoms with van der Waals surface area (Å²) in [6.45, 7) is 20.8. The maximum absolute atomic E-state index is 13.3. The first-order chi connectivity index (χ1) is 43.7. The van der Waals surface area contributed by atoms with E-state index < -0.39 is 12.1 Å². The summed E-state index contributed by atoms with van der Waals surface area (Å²) < 4.78 is 21.1. The minimum atomic E-state index is -0.571. The summed E-state index contributed by atoms with van der Waals surface area (Å²) in [5, 5.41) is 18.2. The van der Waals surface area contributed by atoms with Crippen LogP contribution in [-0.4, -0.2) is 161 Å². The number of hydrogen-bond acceptors (Lipinski definition) is 18. The average molecular weight is 1330 g/mol. The predicted octanol–water partition coefficient (Wildman–Crippen LogP) is 12.3. The van der Waals surface area contributed by atoms with E-state index in [0.29, 0.717) is 39.8 Å². The number of piperazine rings is 1. The van der Waals surface area contributed by atoms with Crippen molar-refractivity contribution >= 4 is 139 Å². The van der Waals surface area contributed by atoms with E-state index >= 15 is 0 Å². The molecule has 24 nitrogen and oxygen atoms in total. The van der Waals surface area contributed by atoms with Gasteiger partial charge in [-0.1, -0.05) is 73.4 Å². The second kappa shape index (κ2) is 29.2. The Hall–Kier alpha value is -8.52. The molecule has 6 N–H and O–H groups in total. The molecule has 5 heterocycles. The summed E-state index contributed by atoms with van der Waals surface area (Å²) in [6, 6.07) is 16.9. The van der Waals surface area contributed by atoms with Gasteiger partial charge in [-0.3, -0.25) is 24.3 Å². The molecule has 1 saturated carbocycles. The lowest BCUT2D eigenvalue weighted by molar-refractivity contribution is -0.112. The molecule has 4 aliphatic rings. The van der Waals surface area contributed by atoms with E-state index in [1.165, 1.54) is 109 Å². The van der Waals surface area contributed by atoms with Crippen LogP contribution < -0.4 is 70.4 Å². The van der Waals surface area contributed by atoms with Gasteiger partial charge >= 0.3 is 12.1 Å². The minimum Gasteiger partial charge on any atom is -0.495 e. The van der Waals surface area contributed by atoms with Crippen molar-refractivity contribution in [3.05, 3.63) is 119 Å². The Morgan fingerprint density at radius 1 is 0.538 bits per heavy atom. The normalized spacial score (nSPS) is 16.4. The lowest BCUT2D eigenvalue weighted by Gasteiger charge is -2.43. The second-order valence-corrected chi connectivity index (χ2v) is 23.7. The van der Waals surface area contributed by atoms with Crippen LogP contribution in [0, 0.1) is 5.41 Å². The van der Waals surface area contributed by atoms with E-state index in [4.69, 9.17) is 65.4 Å². The van der Waals surface area contributed by atoms with Gasteiger partial charge in [0.1, 0.15) is 79.0 Å². The highest BCUT2D eigenvalue weighted by Gasteiger charge is 2.50. The maximum atomic E-state index is 13.3. The van der Waals surface area contributed by atoms with Gasteiger partial charge in [0.05, 0.1) is 62.6 Å². The van der Waals surface area contributed by atoms with Crippen LogP contribution in [0.15, 0.2) is 98.6 Å². The number of anilines is 12. The zero-order chi connectivity index (χ0) is 65.3. The molecule has 3 aliphatic heterocycles. The van der Waals surface area contributed by atoms with Crippen molar-refractivity contribution in [1.82, 2.24) is 29.7 Å². The highest BCUT2D eigenvalue weighted by atomic mass is 35.5. The van der Waals surface area contributed by atoms with Crippen LogP contribution >= 0.6 is 46.4 Å². The highest BCUT2D eigenvalue weighted by molar-refractivity contribution is 6.42. The smallest absolute Gasteiger partial charge is 0.327 e. The molecule has 4 fully saturated rings. The van der Waals surface area contributed by atoms with E-state index in [1.54, 1.807) is 12.1 Å². The summed E-state index contributed by atoms with van der Waals surface area (Å²) in [6.07, 6.45) is 9.86. The predicted molar refractivity (Wildman–Crippen MR) is 363 cm³/mol. The van der Waals surface area contributed by atoms with E-state index in [-0.39, 0.29) is 83.5 Å². The molecule has 482 valence electrons. The van der Waals surface area contributed by atoms with Crippen molar-refractivity contribution in [2.24, 2.45) is 5.41 Å². The molecule has 3 saturated heterocycles. The highest BCUT2D eigenvalue weighted by Crippen LogP contribution is 2.48. The minimum absolute atomic E-state index is 0.118. The Kier molecular flexibility index (Phi) is 21.4. The Bertz CT molecular complexity index is 3670. The molecule has 0 radical (unpaired) electrons. The third-order valence-electron chi connectivity index (χ3n) is 16.8. The Labute approximate surface area is 549 Å². The fourth-order valence-electron chi connectivity index (χ4n) is 11.4. The van der Waals surface area contributed by atoms with Crippen molar-refractivity contribution in [3.8, 4) is 23.0 Å². The first kappa shape index (κ1) is 66.9. The summed E-state index contributed by atoms with van der Waals surface area (Å²) in [7, 11) is 8.86. The molecule has 4 aromatic carbocycles. The number of rotatable bonds is 20. The summed E-state index contributed by atoms with van der Waals surface area (Å²) in [4.78, 5) is 80.9. The molecule has 28 heteroatoms. The number of carbonyl (C=O) groups is 4. The van der Waals surface area contributed by atoms with Gasteiger partial charge in [0.25, 0.3) is 0 Å². The number of methoxy groups -OCH3 is 4. The van der Waals surface area contributed by atoms with Crippen molar-refractivity contribution in [2.45, 2.75) is 45.1 Å². The number of benzene rings is 4. The molecule has 91 heavy (non-hydrogen) atoms. The fraction of sp³-hybridized carbons (Fsp3) is 0.365. The largest absolute Gasteiger partial charge is 0.495 e. The van der Waals surface area contributed by atoms with Gasteiger partial charge in [-0.05, 0) is 93.9 Å². The third-order valence-corrected chi connectivity index (χ3v) is 18.3.